The van der Waals surface area contributed by atoms with Gasteiger partial charge in [-0.1, -0.05) is 0 Å². The summed E-state index contributed by atoms with van der Waals surface area (Å²) in [6.07, 6.45) is 1.69. The number of amides is 1. The SMILES string of the molecule is Cc1cc(C(=O)Nc2cccnc2C)ccc1NN. The zero-order chi connectivity index (χ0) is 13.8. The third-order valence-corrected chi connectivity index (χ3v) is 2.90. The molecule has 0 atom stereocenters. The average molecular weight is 256 g/mol. The first-order valence-electron chi connectivity index (χ1n) is 5.92. The summed E-state index contributed by atoms with van der Waals surface area (Å²) in [6.45, 7) is 3.74. The lowest BCUT2D eigenvalue weighted by atomic mass is 10.1. The van der Waals surface area contributed by atoms with Gasteiger partial charge in [0, 0.05) is 11.8 Å². The van der Waals surface area contributed by atoms with Crippen LogP contribution in [0.2, 0.25) is 0 Å². The summed E-state index contributed by atoms with van der Waals surface area (Å²) < 4.78 is 0. The molecule has 0 bridgehead atoms. The number of hydrazine groups is 1. The van der Waals surface area contributed by atoms with E-state index >= 15 is 0 Å². The van der Waals surface area contributed by atoms with Crippen LogP contribution in [0.3, 0.4) is 0 Å². The Morgan fingerprint density at radius 3 is 2.63 bits per heavy atom. The maximum Gasteiger partial charge on any atom is 0.255 e. The molecule has 2 rings (SSSR count). The third-order valence-electron chi connectivity index (χ3n) is 2.90. The molecular weight excluding hydrogens is 240 g/mol. The summed E-state index contributed by atoms with van der Waals surface area (Å²) in [5.74, 6) is 5.20. The standard InChI is InChI=1S/C14H16N4O/c1-9-8-11(5-6-12(9)18-15)14(19)17-13-4-3-7-16-10(13)2/h3-8,18H,15H2,1-2H3,(H,17,19). The van der Waals surface area contributed by atoms with Crippen molar-refractivity contribution in [1.82, 2.24) is 4.98 Å². The number of pyridine rings is 1. The van der Waals surface area contributed by atoms with Gasteiger partial charge in [0.25, 0.3) is 5.91 Å². The van der Waals surface area contributed by atoms with Crippen molar-refractivity contribution in [2.45, 2.75) is 13.8 Å². The minimum absolute atomic E-state index is 0.164. The zero-order valence-electron chi connectivity index (χ0n) is 10.9. The summed E-state index contributed by atoms with van der Waals surface area (Å²) in [5, 5.41) is 2.84. The van der Waals surface area contributed by atoms with Crippen LogP contribution in [0.1, 0.15) is 21.6 Å². The fourth-order valence-corrected chi connectivity index (χ4v) is 1.78. The van der Waals surface area contributed by atoms with Gasteiger partial charge in [-0.15, -0.1) is 0 Å². The van der Waals surface area contributed by atoms with E-state index in [2.05, 4.69) is 15.7 Å². The van der Waals surface area contributed by atoms with E-state index in [0.717, 1.165) is 16.9 Å². The number of benzene rings is 1. The van der Waals surface area contributed by atoms with Gasteiger partial charge in [0.1, 0.15) is 0 Å². The molecule has 0 aliphatic rings. The first kappa shape index (κ1) is 13.0. The maximum absolute atomic E-state index is 12.1. The van der Waals surface area contributed by atoms with Crippen LogP contribution >= 0.6 is 0 Å². The van der Waals surface area contributed by atoms with Crippen molar-refractivity contribution in [2.75, 3.05) is 10.7 Å². The average Bonchev–Trinajstić information content (AvgIpc) is 2.41. The molecule has 0 spiro atoms. The van der Waals surface area contributed by atoms with Gasteiger partial charge in [-0.05, 0) is 49.7 Å². The lowest BCUT2D eigenvalue weighted by Crippen LogP contribution is -2.14. The maximum atomic E-state index is 12.1. The smallest absolute Gasteiger partial charge is 0.255 e. The second-order valence-electron chi connectivity index (χ2n) is 4.26. The fraction of sp³-hybridized carbons (Fsp3) is 0.143. The number of nitrogen functional groups attached to an aromatic ring is 1. The number of carbonyl (C=O) groups is 1. The van der Waals surface area contributed by atoms with Crippen molar-refractivity contribution < 1.29 is 4.79 Å². The minimum Gasteiger partial charge on any atom is -0.324 e. The molecule has 0 unspecified atom stereocenters. The summed E-state index contributed by atoms with van der Waals surface area (Å²) in [5.41, 5.74) is 6.38. The Bertz CT molecular complexity index is 610. The first-order chi connectivity index (χ1) is 9.11. The first-order valence-corrected chi connectivity index (χ1v) is 5.92. The number of rotatable bonds is 3. The highest BCUT2D eigenvalue weighted by Crippen LogP contribution is 2.17. The Morgan fingerprint density at radius 2 is 2.00 bits per heavy atom. The number of nitrogens with one attached hydrogen (secondary N) is 2. The molecule has 98 valence electrons. The van der Waals surface area contributed by atoms with E-state index in [9.17, 15) is 4.79 Å². The van der Waals surface area contributed by atoms with Gasteiger partial charge >= 0.3 is 0 Å². The van der Waals surface area contributed by atoms with Crippen molar-refractivity contribution in [3.63, 3.8) is 0 Å². The number of anilines is 2. The van der Waals surface area contributed by atoms with E-state index in [1.54, 1.807) is 30.5 Å². The molecule has 0 aliphatic heterocycles. The van der Waals surface area contributed by atoms with Gasteiger partial charge in [0.05, 0.1) is 17.1 Å². The molecule has 0 saturated carbocycles. The number of hydrogen-bond acceptors (Lipinski definition) is 4. The predicted octanol–water partition coefficient (Wildman–Crippen LogP) is 2.24. The molecule has 5 heteroatoms. The van der Waals surface area contributed by atoms with E-state index in [1.807, 2.05) is 19.9 Å². The van der Waals surface area contributed by atoms with Crippen molar-refractivity contribution >= 4 is 17.3 Å². The molecule has 0 fully saturated rings. The predicted molar refractivity (Wildman–Crippen MR) is 75.9 cm³/mol. The third kappa shape index (κ3) is 2.89. The summed E-state index contributed by atoms with van der Waals surface area (Å²) in [6, 6.07) is 8.90. The largest absolute Gasteiger partial charge is 0.324 e. The summed E-state index contributed by atoms with van der Waals surface area (Å²) in [7, 11) is 0. The Labute approximate surface area is 111 Å². The number of aromatic nitrogens is 1. The van der Waals surface area contributed by atoms with Crippen LogP contribution < -0.4 is 16.6 Å². The summed E-state index contributed by atoms with van der Waals surface area (Å²) in [4.78, 5) is 16.3. The van der Waals surface area contributed by atoms with Crippen LogP contribution in [0.15, 0.2) is 36.5 Å². The Hall–Kier alpha value is -2.40. The lowest BCUT2D eigenvalue weighted by molar-refractivity contribution is 0.102. The van der Waals surface area contributed by atoms with Crippen LogP contribution in [0.25, 0.3) is 0 Å². The highest BCUT2D eigenvalue weighted by molar-refractivity contribution is 6.04. The molecule has 0 saturated heterocycles. The molecule has 5 nitrogen and oxygen atoms in total. The molecule has 0 aliphatic carbocycles. The Kier molecular flexibility index (Phi) is 3.77. The molecule has 1 heterocycles. The van der Waals surface area contributed by atoms with Gasteiger partial charge in [-0.3, -0.25) is 15.6 Å². The minimum atomic E-state index is -0.164. The molecule has 19 heavy (non-hydrogen) atoms. The lowest BCUT2D eigenvalue weighted by Gasteiger charge is -2.09. The molecule has 1 aromatic heterocycles. The number of aryl methyl sites for hydroxylation is 2. The highest BCUT2D eigenvalue weighted by Gasteiger charge is 2.09. The molecular formula is C14H16N4O. The summed E-state index contributed by atoms with van der Waals surface area (Å²) >= 11 is 0. The van der Waals surface area contributed by atoms with Crippen LogP contribution in [-0.4, -0.2) is 10.9 Å². The Balaban J connectivity index is 2.21. The number of carbonyl (C=O) groups excluding carboxylic acids is 1. The number of hydrogen-bond donors (Lipinski definition) is 3. The number of nitrogens with zero attached hydrogens (tertiary/aromatic N) is 1. The van der Waals surface area contributed by atoms with Crippen molar-refractivity contribution in [2.24, 2.45) is 5.84 Å². The monoisotopic (exact) mass is 256 g/mol. The van der Waals surface area contributed by atoms with Crippen LogP contribution in [-0.2, 0) is 0 Å². The highest BCUT2D eigenvalue weighted by atomic mass is 16.1. The van der Waals surface area contributed by atoms with Gasteiger partial charge in [-0.2, -0.15) is 0 Å². The van der Waals surface area contributed by atoms with Crippen molar-refractivity contribution in [3.05, 3.63) is 53.3 Å². The van der Waals surface area contributed by atoms with Gasteiger partial charge in [0.2, 0.25) is 0 Å². The molecule has 2 aromatic rings. The van der Waals surface area contributed by atoms with E-state index in [4.69, 9.17) is 5.84 Å². The normalized spacial score (nSPS) is 10.1. The van der Waals surface area contributed by atoms with Crippen LogP contribution in [0.5, 0.6) is 0 Å². The van der Waals surface area contributed by atoms with Crippen LogP contribution in [0.4, 0.5) is 11.4 Å². The van der Waals surface area contributed by atoms with E-state index in [0.29, 0.717) is 11.3 Å². The van der Waals surface area contributed by atoms with E-state index in [1.165, 1.54) is 0 Å². The second kappa shape index (κ2) is 5.49. The van der Waals surface area contributed by atoms with Crippen LogP contribution in [0, 0.1) is 13.8 Å². The molecule has 4 N–H and O–H groups in total. The number of nitrogens with two attached hydrogens (primary N) is 1. The quantitative estimate of drug-likeness (QED) is 0.581. The topological polar surface area (TPSA) is 80.0 Å². The molecule has 0 radical (unpaired) electrons. The zero-order valence-corrected chi connectivity index (χ0v) is 10.9. The van der Waals surface area contributed by atoms with Gasteiger partial charge in [0.15, 0.2) is 0 Å². The van der Waals surface area contributed by atoms with E-state index in [-0.39, 0.29) is 5.91 Å². The van der Waals surface area contributed by atoms with Crippen molar-refractivity contribution in [1.29, 1.82) is 0 Å². The van der Waals surface area contributed by atoms with E-state index < -0.39 is 0 Å². The van der Waals surface area contributed by atoms with Gasteiger partial charge in [-0.25, -0.2) is 0 Å². The second-order valence-corrected chi connectivity index (χ2v) is 4.26. The molecule has 1 amide bonds. The fourth-order valence-electron chi connectivity index (χ4n) is 1.78. The van der Waals surface area contributed by atoms with Gasteiger partial charge < -0.3 is 10.7 Å². The van der Waals surface area contributed by atoms with Crippen molar-refractivity contribution in [3.8, 4) is 0 Å². The molecule has 1 aromatic carbocycles. The Morgan fingerprint density at radius 1 is 1.21 bits per heavy atom.